The molecule has 3 aromatic rings. The molecule has 9 heteroatoms. The molecule has 0 spiro atoms. The molecule has 0 saturated carbocycles. The summed E-state index contributed by atoms with van der Waals surface area (Å²) in [5.41, 5.74) is -0.222. The lowest BCUT2D eigenvalue weighted by molar-refractivity contribution is -0.137. The van der Waals surface area contributed by atoms with Crippen molar-refractivity contribution in [3.63, 3.8) is 0 Å². The van der Waals surface area contributed by atoms with E-state index in [0.717, 1.165) is 21.1 Å². The number of carbonyl (C=O) groups is 1. The van der Waals surface area contributed by atoms with Gasteiger partial charge in [-0.25, -0.2) is 9.78 Å². The molecule has 0 unspecified atom stereocenters. The van der Waals surface area contributed by atoms with Crippen LogP contribution in [-0.4, -0.2) is 21.7 Å². The summed E-state index contributed by atoms with van der Waals surface area (Å²) >= 11 is 2.12. The van der Waals surface area contributed by atoms with Crippen molar-refractivity contribution in [3.05, 3.63) is 45.8 Å². The van der Waals surface area contributed by atoms with Crippen LogP contribution in [0, 0.1) is 3.57 Å². The Hall–Kier alpha value is -2.30. The second kappa shape index (κ2) is 7.26. The Bertz CT molecular complexity index is 1040. The number of nitrogens with one attached hydrogen (secondary N) is 2. The number of H-pyrrole nitrogens is 1. The van der Waals surface area contributed by atoms with Crippen LogP contribution in [0.15, 0.2) is 36.7 Å². The standard InChI is InChI=1S/C19H17F3IN3O2/c1-18(2,3)28-17(27)26-13-5-10(4-12(7-13)19(20,21)22)11-6-14-15(23)9-25-16(14)24-8-11/h4-9H,1-3H3,(H,24,25)(H,26,27). The minimum Gasteiger partial charge on any atom is -0.444 e. The topological polar surface area (TPSA) is 67.0 Å². The molecule has 0 radical (unpaired) electrons. The molecule has 0 aliphatic carbocycles. The highest BCUT2D eigenvalue weighted by molar-refractivity contribution is 14.1. The van der Waals surface area contributed by atoms with Gasteiger partial charge >= 0.3 is 12.3 Å². The number of carbonyl (C=O) groups excluding carboxylic acids is 1. The summed E-state index contributed by atoms with van der Waals surface area (Å²) in [6.07, 6.45) is -2.14. The third-order valence-electron chi connectivity index (χ3n) is 3.72. The molecule has 2 aromatic heterocycles. The van der Waals surface area contributed by atoms with E-state index < -0.39 is 23.4 Å². The summed E-state index contributed by atoms with van der Waals surface area (Å²) in [5, 5.41) is 3.18. The van der Waals surface area contributed by atoms with Crippen molar-refractivity contribution in [1.29, 1.82) is 0 Å². The van der Waals surface area contributed by atoms with Gasteiger partial charge in [-0.15, -0.1) is 0 Å². The van der Waals surface area contributed by atoms with Crippen LogP contribution in [0.4, 0.5) is 23.7 Å². The molecule has 5 nitrogen and oxygen atoms in total. The average Bonchev–Trinajstić information content (AvgIpc) is 2.92. The van der Waals surface area contributed by atoms with E-state index in [1.807, 2.05) is 0 Å². The van der Waals surface area contributed by atoms with E-state index in [2.05, 4.69) is 37.9 Å². The van der Waals surface area contributed by atoms with E-state index in [1.54, 1.807) is 33.0 Å². The first-order valence-corrected chi connectivity index (χ1v) is 9.35. The lowest BCUT2D eigenvalue weighted by Gasteiger charge is -2.20. The fourth-order valence-electron chi connectivity index (χ4n) is 2.58. The van der Waals surface area contributed by atoms with Gasteiger partial charge < -0.3 is 9.72 Å². The monoisotopic (exact) mass is 503 g/mol. The smallest absolute Gasteiger partial charge is 0.416 e. The Morgan fingerprint density at radius 1 is 1.14 bits per heavy atom. The van der Waals surface area contributed by atoms with E-state index in [0.29, 0.717) is 11.2 Å². The summed E-state index contributed by atoms with van der Waals surface area (Å²) in [6, 6.07) is 5.12. The number of hydrogen-bond donors (Lipinski definition) is 2. The third kappa shape index (κ3) is 4.75. The van der Waals surface area contributed by atoms with Crippen molar-refractivity contribution in [2.75, 3.05) is 5.32 Å². The second-order valence-corrected chi connectivity index (χ2v) is 8.34. The molecule has 3 rings (SSSR count). The molecule has 0 aliphatic rings. The molecule has 0 saturated heterocycles. The quantitative estimate of drug-likeness (QED) is 0.410. The summed E-state index contributed by atoms with van der Waals surface area (Å²) in [4.78, 5) is 19.2. The molecule has 0 atom stereocenters. The first-order valence-electron chi connectivity index (χ1n) is 8.28. The molecule has 0 bridgehead atoms. The van der Waals surface area contributed by atoms with Crippen LogP contribution in [0.25, 0.3) is 22.2 Å². The van der Waals surface area contributed by atoms with Gasteiger partial charge in [-0.3, -0.25) is 5.32 Å². The predicted molar refractivity (Wildman–Crippen MR) is 109 cm³/mol. The maximum atomic E-state index is 13.4. The Morgan fingerprint density at radius 3 is 2.50 bits per heavy atom. The van der Waals surface area contributed by atoms with Gasteiger partial charge in [0.2, 0.25) is 0 Å². The van der Waals surface area contributed by atoms with Crippen LogP contribution < -0.4 is 5.32 Å². The maximum absolute atomic E-state index is 13.4. The van der Waals surface area contributed by atoms with Gasteiger partial charge in [0.15, 0.2) is 0 Å². The Labute approximate surface area is 172 Å². The van der Waals surface area contributed by atoms with Crippen LogP contribution in [0.2, 0.25) is 0 Å². The van der Waals surface area contributed by atoms with Crippen molar-refractivity contribution in [3.8, 4) is 11.1 Å². The van der Waals surface area contributed by atoms with Crippen LogP contribution in [0.1, 0.15) is 26.3 Å². The van der Waals surface area contributed by atoms with Gasteiger partial charge in [0.1, 0.15) is 11.2 Å². The molecular weight excluding hydrogens is 486 g/mol. The lowest BCUT2D eigenvalue weighted by Crippen LogP contribution is -2.27. The summed E-state index contributed by atoms with van der Waals surface area (Å²) in [5.74, 6) is 0. The van der Waals surface area contributed by atoms with Crippen LogP contribution in [0.3, 0.4) is 0 Å². The highest BCUT2D eigenvalue weighted by atomic mass is 127. The molecule has 2 heterocycles. The molecule has 0 fully saturated rings. The minimum absolute atomic E-state index is 0.0112. The van der Waals surface area contributed by atoms with Crippen molar-refractivity contribution in [2.24, 2.45) is 0 Å². The minimum atomic E-state index is -4.57. The fourth-order valence-corrected chi connectivity index (χ4v) is 3.15. The van der Waals surface area contributed by atoms with Crippen LogP contribution in [-0.2, 0) is 10.9 Å². The lowest BCUT2D eigenvalue weighted by atomic mass is 10.0. The number of nitrogens with zero attached hydrogens (tertiary/aromatic N) is 1. The Kier molecular flexibility index (Phi) is 5.30. The predicted octanol–water partition coefficient (Wildman–Crippen LogP) is 6.20. The fraction of sp³-hybridized carbons (Fsp3) is 0.263. The number of pyridine rings is 1. The third-order valence-corrected chi connectivity index (χ3v) is 4.61. The van der Waals surface area contributed by atoms with E-state index in [4.69, 9.17) is 4.74 Å². The van der Waals surface area contributed by atoms with Crippen LogP contribution >= 0.6 is 22.6 Å². The number of hydrogen-bond acceptors (Lipinski definition) is 3. The Balaban J connectivity index is 2.04. The number of halogens is 4. The van der Waals surface area contributed by atoms with Gasteiger partial charge in [-0.05, 0) is 73.2 Å². The number of ether oxygens (including phenoxy) is 1. The van der Waals surface area contributed by atoms with E-state index in [9.17, 15) is 18.0 Å². The number of rotatable bonds is 2. The van der Waals surface area contributed by atoms with Gasteiger partial charge in [0.05, 0.1) is 5.56 Å². The first kappa shape index (κ1) is 20.4. The van der Waals surface area contributed by atoms with Gasteiger partial charge in [0.25, 0.3) is 0 Å². The van der Waals surface area contributed by atoms with Gasteiger partial charge in [0, 0.05) is 32.6 Å². The van der Waals surface area contributed by atoms with E-state index >= 15 is 0 Å². The molecular formula is C19H17F3IN3O2. The van der Waals surface area contributed by atoms with Crippen molar-refractivity contribution in [2.45, 2.75) is 32.5 Å². The number of aromatic nitrogens is 2. The van der Waals surface area contributed by atoms with Crippen molar-refractivity contribution >= 4 is 45.4 Å². The van der Waals surface area contributed by atoms with Crippen LogP contribution in [0.5, 0.6) is 0 Å². The molecule has 2 N–H and O–H groups in total. The largest absolute Gasteiger partial charge is 0.444 e. The molecule has 148 valence electrons. The number of amides is 1. The van der Waals surface area contributed by atoms with Crippen molar-refractivity contribution in [1.82, 2.24) is 9.97 Å². The average molecular weight is 503 g/mol. The summed E-state index contributed by atoms with van der Waals surface area (Å²) < 4.78 is 46.2. The number of aromatic amines is 1. The first-order chi connectivity index (χ1) is 12.9. The second-order valence-electron chi connectivity index (χ2n) is 7.18. The summed E-state index contributed by atoms with van der Waals surface area (Å²) in [7, 11) is 0. The zero-order valence-electron chi connectivity index (χ0n) is 15.2. The highest BCUT2D eigenvalue weighted by Gasteiger charge is 2.31. The zero-order chi connectivity index (χ0) is 20.7. The van der Waals surface area contributed by atoms with Gasteiger partial charge in [-0.1, -0.05) is 0 Å². The number of anilines is 1. The highest BCUT2D eigenvalue weighted by Crippen LogP contribution is 2.35. The Morgan fingerprint density at radius 2 is 1.86 bits per heavy atom. The SMILES string of the molecule is CC(C)(C)OC(=O)Nc1cc(-c2cnc3[nH]cc(I)c3c2)cc(C(F)(F)F)c1. The number of benzene rings is 1. The molecule has 0 aliphatic heterocycles. The number of fused-ring (bicyclic) bond motifs is 1. The number of alkyl halides is 3. The van der Waals surface area contributed by atoms with E-state index in [1.165, 1.54) is 12.3 Å². The zero-order valence-corrected chi connectivity index (χ0v) is 17.4. The molecule has 1 amide bonds. The molecule has 28 heavy (non-hydrogen) atoms. The maximum Gasteiger partial charge on any atom is 0.416 e. The summed E-state index contributed by atoms with van der Waals surface area (Å²) in [6.45, 7) is 5.01. The normalized spacial score (nSPS) is 12.2. The van der Waals surface area contributed by atoms with Crippen molar-refractivity contribution < 1.29 is 22.7 Å². The van der Waals surface area contributed by atoms with E-state index in [-0.39, 0.29) is 11.3 Å². The molecule has 1 aromatic carbocycles. The van der Waals surface area contributed by atoms with Gasteiger partial charge in [-0.2, -0.15) is 13.2 Å².